The number of carbonyl (C=O) groups is 1. The topological polar surface area (TPSA) is 49.3 Å². The van der Waals surface area contributed by atoms with E-state index in [1.54, 1.807) is 0 Å². The highest BCUT2D eigenvalue weighted by Gasteiger charge is 2.47. The average Bonchev–Trinajstić information content (AvgIpc) is 2.53. The molecule has 0 bridgehead atoms. The van der Waals surface area contributed by atoms with Crippen molar-refractivity contribution in [3.63, 3.8) is 0 Å². The Morgan fingerprint density at radius 3 is 2.87 bits per heavy atom. The smallest absolute Gasteiger partial charge is 0.220 e. The molecule has 2 aliphatic rings. The minimum absolute atomic E-state index is 0.202. The van der Waals surface area contributed by atoms with Crippen molar-refractivity contribution < 1.29 is 9.90 Å². The van der Waals surface area contributed by atoms with Gasteiger partial charge in [-0.2, -0.15) is 0 Å². The average molecular weight is 211 g/mol. The van der Waals surface area contributed by atoms with Crippen LogP contribution in [0.4, 0.5) is 0 Å². The molecule has 0 spiro atoms. The van der Waals surface area contributed by atoms with Crippen molar-refractivity contribution in [2.45, 2.75) is 45.1 Å². The van der Waals surface area contributed by atoms with Crippen molar-refractivity contribution in [1.29, 1.82) is 0 Å². The molecule has 4 atom stereocenters. The molecule has 2 N–H and O–H groups in total. The maximum atomic E-state index is 11.4. The van der Waals surface area contributed by atoms with Crippen LogP contribution in [-0.4, -0.2) is 23.7 Å². The molecule has 3 heteroatoms. The van der Waals surface area contributed by atoms with Gasteiger partial charge in [0, 0.05) is 19.1 Å². The standard InChI is InChI=1S/C12H21NO2/c1-2-3-12(15)13-11-6-9-4-8(7-14)5-10(9)11/h8-11,14H,2-7H2,1H3,(H,13,15). The summed E-state index contributed by atoms with van der Waals surface area (Å²) in [7, 11) is 0. The predicted molar refractivity (Wildman–Crippen MR) is 58.2 cm³/mol. The molecule has 2 aliphatic carbocycles. The van der Waals surface area contributed by atoms with Crippen LogP contribution in [0.15, 0.2) is 0 Å². The Morgan fingerprint density at radius 2 is 2.20 bits per heavy atom. The van der Waals surface area contributed by atoms with E-state index >= 15 is 0 Å². The highest BCUT2D eigenvalue weighted by Crippen LogP contribution is 2.49. The zero-order valence-electron chi connectivity index (χ0n) is 9.41. The van der Waals surface area contributed by atoms with Crippen LogP contribution in [0.5, 0.6) is 0 Å². The monoisotopic (exact) mass is 211 g/mol. The first-order chi connectivity index (χ1) is 7.24. The summed E-state index contributed by atoms with van der Waals surface area (Å²) in [5, 5.41) is 12.2. The van der Waals surface area contributed by atoms with E-state index in [1.165, 1.54) is 6.42 Å². The van der Waals surface area contributed by atoms with Gasteiger partial charge in [-0.25, -0.2) is 0 Å². The summed E-state index contributed by atoms with van der Waals surface area (Å²) in [5.41, 5.74) is 0. The first-order valence-electron chi connectivity index (χ1n) is 6.14. The van der Waals surface area contributed by atoms with E-state index in [-0.39, 0.29) is 5.91 Å². The van der Waals surface area contributed by atoms with Crippen molar-refractivity contribution in [2.24, 2.45) is 17.8 Å². The van der Waals surface area contributed by atoms with E-state index in [1.807, 2.05) is 6.92 Å². The third-order valence-electron chi connectivity index (χ3n) is 4.00. The van der Waals surface area contributed by atoms with Crippen LogP contribution in [-0.2, 0) is 4.79 Å². The molecule has 3 nitrogen and oxygen atoms in total. The Bertz CT molecular complexity index is 242. The third-order valence-corrected chi connectivity index (χ3v) is 4.00. The van der Waals surface area contributed by atoms with E-state index < -0.39 is 0 Å². The Morgan fingerprint density at radius 1 is 1.40 bits per heavy atom. The van der Waals surface area contributed by atoms with Gasteiger partial charge in [0.2, 0.25) is 5.91 Å². The van der Waals surface area contributed by atoms with Crippen LogP contribution in [0.1, 0.15) is 39.0 Å². The summed E-state index contributed by atoms with van der Waals surface area (Å²) < 4.78 is 0. The third kappa shape index (κ3) is 2.17. The quantitative estimate of drug-likeness (QED) is 0.736. The van der Waals surface area contributed by atoms with Gasteiger partial charge >= 0.3 is 0 Å². The molecule has 0 radical (unpaired) electrons. The lowest BCUT2D eigenvalue weighted by atomic mass is 9.71. The molecule has 4 unspecified atom stereocenters. The number of rotatable bonds is 4. The van der Waals surface area contributed by atoms with Crippen molar-refractivity contribution in [3.05, 3.63) is 0 Å². The van der Waals surface area contributed by atoms with Gasteiger partial charge in [0.05, 0.1) is 0 Å². The van der Waals surface area contributed by atoms with Gasteiger partial charge in [-0.05, 0) is 43.4 Å². The Balaban J connectivity index is 1.76. The Kier molecular flexibility index (Phi) is 3.29. The molecule has 2 saturated carbocycles. The lowest BCUT2D eigenvalue weighted by molar-refractivity contribution is -0.123. The van der Waals surface area contributed by atoms with Crippen molar-refractivity contribution in [1.82, 2.24) is 5.32 Å². The summed E-state index contributed by atoms with van der Waals surface area (Å²) in [6.45, 7) is 2.35. The number of hydrogen-bond acceptors (Lipinski definition) is 2. The normalized spacial score (nSPS) is 38.3. The van der Waals surface area contributed by atoms with Crippen molar-refractivity contribution in [2.75, 3.05) is 6.61 Å². The number of aliphatic hydroxyl groups is 1. The van der Waals surface area contributed by atoms with Gasteiger partial charge in [0.1, 0.15) is 0 Å². The molecular formula is C12H21NO2. The maximum absolute atomic E-state index is 11.4. The second-order valence-electron chi connectivity index (χ2n) is 5.10. The highest BCUT2D eigenvalue weighted by molar-refractivity contribution is 5.76. The van der Waals surface area contributed by atoms with Crippen LogP contribution in [0.2, 0.25) is 0 Å². The SMILES string of the molecule is CCCC(=O)NC1CC2CC(CO)CC21. The number of aliphatic hydroxyl groups excluding tert-OH is 1. The van der Waals surface area contributed by atoms with Gasteiger partial charge in [-0.3, -0.25) is 4.79 Å². The Labute approximate surface area is 91.2 Å². The van der Waals surface area contributed by atoms with Gasteiger partial charge in [0.25, 0.3) is 0 Å². The predicted octanol–water partition coefficient (Wildman–Crippen LogP) is 1.31. The lowest BCUT2D eigenvalue weighted by Gasteiger charge is -2.40. The van der Waals surface area contributed by atoms with Crippen LogP contribution in [0.3, 0.4) is 0 Å². The number of carbonyl (C=O) groups excluding carboxylic acids is 1. The Hall–Kier alpha value is -0.570. The van der Waals surface area contributed by atoms with E-state index in [0.717, 1.165) is 25.2 Å². The van der Waals surface area contributed by atoms with Crippen LogP contribution < -0.4 is 5.32 Å². The van der Waals surface area contributed by atoms with E-state index in [4.69, 9.17) is 5.11 Å². The molecular weight excluding hydrogens is 190 g/mol. The zero-order chi connectivity index (χ0) is 10.8. The number of nitrogens with one attached hydrogen (secondary N) is 1. The van der Waals surface area contributed by atoms with Crippen LogP contribution in [0.25, 0.3) is 0 Å². The minimum Gasteiger partial charge on any atom is -0.396 e. The summed E-state index contributed by atoms with van der Waals surface area (Å²) in [4.78, 5) is 11.4. The second-order valence-corrected chi connectivity index (χ2v) is 5.10. The number of amides is 1. The fourth-order valence-corrected chi connectivity index (χ4v) is 3.17. The molecule has 1 amide bonds. The van der Waals surface area contributed by atoms with Crippen LogP contribution >= 0.6 is 0 Å². The molecule has 2 fully saturated rings. The molecule has 86 valence electrons. The number of fused-ring (bicyclic) bond motifs is 1. The fourth-order valence-electron chi connectivity index (χ4n) is 3.17. The summed E-state index contributed by atoms with van der Waals surface area (Å²) in [5.74, 6) is 2.12. The molecule has 0 aliphatic heterocycles. The molecule has 0 aromatic rings. The molecule has 15 heavy (non-hydrogen) atoms. The molecule has 2 rings (SSSR count). The van der Waals surface area contributed by atoms with Crippen molar-refractivity contribution >= 4 is 5.91 Å². The minimum atomic E-state index is 0.202. The maximum Gasteiger partial charge on any atom is 0.220 e. The van der Waals surface area contributed by atoms with E-state index in [0.29, 0.717) is 30.9 Å². The summed E-state index contributed by atoms with van der Waals surface area (Å²) >= 11 is 0. The zero-order valence-corrected chi connectivity index (χ0v) is 9.41. The molecule has 0 saturated heterocycles. The van der Waals surface area contributed by atoms with Crippen molar-refractivity contribution in [3.8, 4) is 0 Å². The highest BCUT2D eigenvalue weighted by atomic mass is 16.3. The number of hydrogen-bond donors (Lipinski definition) is 2. The summed E-state index contributed by atoms with van der Waals surface area (Å²) in [6, 6.07) is 0.408. The molecule has 0 aromatic carbocycles. The first kappa shape index (κ1) is 10.9. The van der Waals surface area contributed by atoms with E-state index in [2.05, 4.69) is 5.32 Å². The lowest BCUT2D eigenvalue weighted by Crippen LogP contribution is -2.50. The van der Waals surface area contributed by atoms with Gasteiger partial charge in [-0.15, -0.1) is 0 Å². The van der Waals surface area contributed by atoms with Gasteiger partial charge in [0.15, 0.2) is 0 Å². The largest absolute Gasteiger partial charge is 0.396 e. The van der Waals surface area contributed by atoms with Gasteiger partial charge in [-0.1, -0.05) is 6.92 Å². The second kappa shape index (κ2) is 4.52. The van der Waals surface area contributed by atoms with Crippen LogP contribution in [0, 0.1) is 17.8 Å². The molecule has 0 aromatic heterocycles. The fraction of sp³-hybridized carbons (Fsp3) is 0.917. The van der Waals surface area contributed by atoms with E-state index in [9.17, 15) is 4.79 Å². The van der Waals surface area contributed by atoms with Gasteiger partial charge < -0.3 is 10.4 Å². The summed E-state index contributed by atoms with van der Waals surface area (Å²) in [6.07, 6.45) is 4.99. The molecule has 0 heterocycles. The first-order valence-corrected chi connectivity index (χ1v) is 6.14.